The van der Waals surface area contributed by atoms with Crippen molar-refractivity contribution in [3.05, 3.63) is 22.7 Å². The lowest BCUT2D eigenvalue weighted by molar-refractivity contribution is -0.137. The van der Waals surface area contributed by atoms with Gasteiger partial charge in [0.25, 0.3) is 5.91 Å². The Morgan fingerprint density at radius 1 is 1.41 bits per heavy atom. The van der Waals surface area contributed by atoms with E-state index in [1.165, 1.54) is 19.2 Å². The third-order valence-corrected chi connectivity index (χ3v) is 3.23. The van der Waals surface area contributed by atoms with E-state index in [2.05, 4.69) is 5.32 Å². The maximum absolute atomic E-state index is 12.2. The number of amides is 1. The first-order chi connectivity index (χ1) is 10.4. The third-order valence-electron chi connectivity index (χ3n) is 2.95. The molecule has 0 aromatic heterocycles. The van der Waals surface area contributed by atoms with Crippen LogP contribution in [0.2, 0.25) is 5.02 Å². The Labute approximate surface area is 134 Å². The quantitative estimate of drug-likeness (QED) is 0.766. The van der Waals surface area contributed by atoms with E-state index < -0.39 is 5.97 Å². The molecule has 0 heterocycles. The van der Waals surface area contributed by atoms with E-state index in [9.17, 15) is 9.59 Å². The number of aliphatic carboxylic acids is 1. The first kappa shape index (κ1) is 18.1. The van der Waals surface area contributed by atoms with Gasteiger partial charge in [0.2, 0.25) is 0 Å². The fraction of sp³-hybridized carbons (Fsp3) is 0.467. The molecule has 0 bridgehead atoms. The molecule has 1 unspecified atom stereocenters. The van der Waals surface area contributed by atoms with Crippen molar-refractivity contribution >= 4 is 23.5 Å². The maximum Gasteiger partial charge on any atom is 0.303 e. The molecule has 0 saturated heterocycles. The number of halogens is 1. The molecule has 0 saturated carbocycles. The normalized spacial score (nSPS) is 11.6. The smallest absolute Gasteiger partial charge is 0.303 e. The first-order valence-corrected chi connectivity index (χ1v) is 7.29. The molecule has 1 atom stereocenters. The number of nitrogens with one attached hydrogen (secondary N) is 1. The molecule has 7 heteroatoms. The summed E-state index contributed by atoms with van der Waals surface area (Å²) in [5.41, 5.74) is 0.326. The van der Waals surface area contributed by atoms with Crippen LogP contribution in [0.1, 0.15) is 37.0 Å². The summed E-state index contributed by atoms with van der Waals surface area (Å²) in [6.45, 7) is 3.99. The Morgan fingerprint density at radius 2 is 2.09 bits per heavy atom. The van der Waals surface area contributed by atoms with Gasteiger partial charge in [0.15, 0.2) is 11.5 Å². The third kappa shape index (κ3) is 5.11. The van der Waals surface area contributed by atoms with E-state index in [4.69, 9.17) is 26.2 Å². The Morgan fingerprint density at radius 3 is 2.64 bits per heavy atom. The molecule has 0 fully saturated rings. The molecule has 22 heavy (non-hydrogen) atoms. The monoisotopic (exact) mass is 329 g/mol. The van der Waals surface area contributed by atoms with Crippen LogP contribution < -0.4 is 14.8 Å². The summed E-state index contributed by atoms with van der Waals surface area (Å²) in [7, 11) is 1.46. The number of carboxylic acid groups (broad SMARTS) is 1. The fourth-order valence-electron chi connectivity index (χ4n) is 1.85. The largest absolute Gasteiger partial charge is 0.493 e. The number of carbonyl (C=O) groups is 2. The Balaban J connectivity index is 2.85. The number of rotatable bonds is 8. The predicted molar refractivity (Wildman–Crippen MR) is 83.0 cm³/mol. The highest BCUT2D eigenvalue weighted by Gasteiger charge is 2.17. The Kier molecular flexibility index (Phi) is 6.98. The summed E-state index contributed by atoms with van der Waals surface area (Å²) in [5, 5.41) is 11.6. The van der Waals surface area contributed by atoms with Crippen LogP contribution in [0.25, 0.3) is 0 Å². The summed E-state index contributed by atoms with van der Waals surface area (Å²) in [6.07, 6.45) is 0.345. The molecule has 0 radical (unpaired) electrons. The van der Waals surface area contributed by atoms with E-state index in [1.54, 1.807) is 6.92 Å². The molecule has 0 spiro atoms. The van der Waals surface area contributed by atoms with Crippen LogP contribution in [-0.4, -0.2) is 36.7 Å². The van der Waals surface area contributed by atoms with Gasteiger partial charge >= 0.3 is 5.97 Å². The van der Waals surface area contributed by atoms with Gasteiger partial charge in [-0.3, -0.25) is 9.59 Å². The van der Waals surface area contributed by atoms with Gasteiger partial charge < -0.3 is 19.9 Å². The van der Waals surface area contributed by atoms with E-state index in [0.29, 0.717) is 30.1 Å². The van der Waals surface area contributed by atoms with Gasteiger partial charge in [-0.25, -0.2) is 0 Å². The SMILES string of the molecule is CCOc1c(Cl)cc(C(=O)NC(C)CCC(=O)O)cc1OC. The van der Waals surface area contributed by atoms with Crippen molar-refractivity contribution in [3.63, 3.8) is 0 Å². The Hall–Kier alpha value is -1.95. The highest BCUT2D eigenvalue weighted by Crippen LogP contribution is 2.36. The molecule has 122 valence electrons. The summed E-state index contributed by atoms with van der Waals surface area (Å²) in [5.74, 6) is -0.479. The summed E-state index contributed by atoms with van der Waals surface area (Å²) in [4.78, 5) is 22.7. The number of benzene rings is 1. The van der Waals surface area contributed by atoms with Gasteiger partial charge in [-0.05, 0) is 32.4 Å². The van der Waals surface area contributed by atoms with Gasteiger partial charge in [0, 0.05) is 18.0 Å². The minimum atomic E-state index is -0.896. The molecule has 6 nitrogen and oxygen atoms in total. The van der Waals surface area contributed by atoms with E-state index >= 15 is 0 Å². The second-order valence-electron chi connectivity index (χ2n) is 4.73. The lowest BCUT2D eigenvalue weighted by atomic mass is 10.1. The second kappa shape index (κ2) is 8.48. The van der Waals surface area contributed by atoms with Crippen LogP contribution in [0.15, 0.2) is 12.1 Å². The standard InChI is InChI=1S/C15H20ClNO5/c1-4-22-14-11(16)7-10(8-12(14)21-3)15(20)17-9(2)5-6-13(18)19/h7-9H,4-6H2,1-3H3,(H,17,20)(H,18,19). The molecule has 0 aliphatic rings. The lowest BCUT2D eigenvalue weighted by Gasteiger charge is -2.15. The fourth-order valence-corrected chi connectivity index (χ4v) is 2.12. The van der Waals surface area contributed by atoms with Crippen molar-refractivity contribution in [2.45, 2.75) is 32.7 Å². The van der Waals surface area contributed by atoms with Crippen LogP contribution in [-0.2, 0) is 4.79 Å². The number of hydrogen-bond acceptors (Lipinski definition) is 4. The van der Waals surface area contributed by atoms with Gasteiger partial charge in [-0.1, -0.05) is 11.6 Å². The summed E-state index contributed by atoms with van der Waals surface area (Å²) < 4.78 is 10.6. The Bertz CT molecular complexity index is 547. The van der Waals surface area contributed by atoms with Crippen molar-refractivity contribution in [1.29, 1.82) is 0 Å². The molecular weight excluding hydrogens is 310 g/mol. The van der Waals surface area contributed by atoms with Crippen molar-refractivity contribution in [3.8, 4) is 11.5 Å². The molecule has 0 aliphatic carbocycles. The molecule has 0 aliphatic heterocycles. The average molecular weight is 330 g/mol. The highest BCUT2D eigenvalue weighted by atomic mass is 35.5. The number of carboxylic acids is 1. The first-order valence-electron chi connectivity index (χ1n) is 6.92. The zero-order valence-electron chi connectivity index (χ0n) is 12.8. The van der Waals surface area contributed by atoms with Crippen LogP contribution >= 0.6 is 11.6 Å². The highest BCUT2D eigenvalue weighted by molar-refractivity contribution is 6.32. The summed E-state index contributed by atoms with van der Waals surface area (Å²) in [6, 6.07) is 2.77. The molecule has 1 aromatic carbocycles. The molecule has 1 rings (SSSR count). The molecule has 1 amide bonds. The lowest BCUT2D eigenvalue weighted by Crippen LogP contribution is -2.33. The number of ether oxygens (including phenoxy) is 2. The summed E-state index contributed by atoms with van der Waals surface area (Å²) >= 11 is 6.11. The van der Waals surface area contributed by atoms with Crippen molar-refractivity contribution in [1.82, 2.24) is 5.32 Å². The van der Waals surface area contributed by atoms with E-state index in [-0.39, 0.29) is 23.4 Å². The number of hydrogen-bond donors (Lipinski definition) is 2. The second-order valence-corrected chi connectivity index (χ2v) is 5.14. The van der Waals surface area contributed by atoms with Gasteiger partial charge in [0.1, 0.15) is 0 Å². The van der Waals surface area contributed by atoms with Crippen LogP contribution in [0.5, 0.6) is 11.5 Å². The maximum atomic E-state index is 12.2. The molecule has 2 N–H and O–H groups in total. The minimum absolute atomic E-state index is 0.00516. The van der Waals surface area contributed by atoms with Gasteiger partial charge in [-0.15, -0.1) is 0 Å². The van der Waals surface area contributed by atoms with Crippen molar-refractivity contribution in [2.24, 2.45) is 0 Å². The number of carbonyl (C=O) groups excluding carboxylic acids is 1. The van der Waals surface area contributed by atoms with Crippen LogP contribution in [0.4, 0.5) is 0 Å². The van der Waals surface area contributed by atoms with Crippen molar-refractivity contribution < 1.29 is 24.2 Å². The average Bonchev–Trinajstić information content (AvgIpc) is 2.46. The van der Waals surface area contributed by atoms with Crippen molar-refractivity contribution in [2.75, 3.05) is 13.7 Å². The van der Waals surface area contributed by atoms with Crippen LogP contribution in [0, 0.1) is 0 Å². The molecule has 1 aromatic rings. The zero-order valence-corrected chi connectivity index (χ0v) is 13.6. The van der Waals surface area contributed by atoms with Gasteiger partial charge in [0.05, 0.1) is 18.7 Å². The van der Waals surface area contributed by atoms with Gasteiger partial charge in [-0.2, -0.15) is 0 Å². The van der Waals surface area contributed by atoms with Crippen LogP contribution in [0.3, 0.4) is 0 Å². The predicted octanol–water partition coefficient (Wildman–Crippen LogP) is 2.73. The minimum Gasteiger partial charge on any atom is -0.493 e. The van der Waals surface area contributed by atoms with E-state index in [0.717, 1.165) is 0 Å². The number of methoxy groups -OCH3 is 1. The zero-order chi connectivity index (χ0) is 16.7. The molecular formula is C15H20ClNO5. The van der Waals surface area contributed by atoms with E-state index in [1.807, 2.05) is 6.92 Å². The topological polar surface area (TPSA) is 84.9 Å².